The Morgan fingerprint density at radius 1 is 0.670 bits per heavy atom. The average Bonchev–Trinajstić information content (AvgIpc) is 0.983. The molecule has 484 valence electrons. The maximum absolute atomic E-state index is 17.2. The lowest BCUT2D eigenvalue weighted by Gasteiger charge is -2.36. The van der Waals surface area contributed by atoms with Gasteiger partial charge in [0.15, 0.2) is 29.7 Å². The van der Waals surface area contributed by atoms with E-state index < -0.39 is 120 Å². The fourth-order valence-electron chi connectivity index (χ4n) is 10.8. The minimum absolute atomic E-state index is 0.0176. The first-order valence-electron chi connectivity index (χ1n) is 30.3. The summed E-state index contributed by atoms with van der Waals surface area (Å²) in [6.07, 6.45) is 3.24. The van der Waals surface area contributed by atoms with E-state index in [1.807, 2.05) is 18.2 Å². The monoisotopic (exact) mass is 1250 g/mol. The largest absolute Gasteiger partial charge is 0.508 e. The van der Waals surface area contributed by atoms with Crippen LogP contribution in [0.4, 0.5) is 4.39 Å². The highest BCUT2D eigenvalue weighted by molar-refractivity contribution is 6.38. The number of allylic oxidation sites excluding steroid dienone is 1. The molecule has 1 fully saturated rings. The van der Waals surface area contributed by atoms with E-state index in [-0.39, 0.29) is 62.9 Å². The van der Waals surface area contributed by atoms with Crippen LogP contribution in [0.5, 0.6) is 23.0 Å². The first kappa shape index (κ1) is 68.9. The predicted molar refractivity (Wildman–Crippen MR) is 334 cm³/mol. The standard InChI is InChI=1S/C69H81FN6O15/c1-69(2)44-90-61(80)27-15-10-17-36-73(3)65(83)51(38-45-20-11-8-12-21-45)71-59(78)42-74(4)66(84)52(39-46-22-13-9-14-23-46)72-64(82)54(40-47-28-32-49(77)33-29-47)75(5)60(79)43-89-57-26-19-24-50(62(57)70)55(34-30-48-31-35-56(87-6)58(41-48)88-7)91-68(86)53-25-16-18-37-76(53)67(85)63(69)81/h8-9,11-15,19-24,26-29,31-33,35,41,51-55,77H,10,16-18,25,30,34,36-40,42-44H2,1-7H3,(H,71,78)(H,72,82)/b27-15+/t51-,52-,53+,54+,55-/m1/s1. The summed E-state index contributed by atoms with van der Waals surface area (Å²) >= 11 is 0. The third-order valence-electron chi connectivity index (χ3n) is 16.1. The van der Waals surface area contributed by atoms with Gasteiger partial charge in [-0.05, 0) is 111 Å². The zero-order valence-electron chi connectivity index (χ0n) is 52.5. The van der Waals surface area contributed by atoms with Gasteiger partial charge in [-0.2, -0.15) is 0 Å². The van der Waals surface area contributed by atoms with Crippen molar-refractivity contribution >= 4 is 53.2 Å². The lowest BCUT2D eigenvalue weighted by atomic mass is 9.87. The van der Waals surface area contributed by atoms with Crippen LogP contribution in [0.15, 0.2) is 133 Å². The summed E-state index contributed by atoms with van der Waals surface area (Å²) in [4.78, 5) is 133. The SMILES string of the molecule is COc1ccc(CC[C@H]2OC(=O)[C@@H]3CCCCN3C(=O)C(=O)C(C)(C)COC(=O)/C=C/CCCN(C)C(=O)[C@@H](Cc3ccccc3)NC(=O)CN(C)C(=O)[C@@H](Cc3ccccc3)NC(=O)[C@H](Cc3ccc(O)cc3)N(C)C(=O)COc3cccc2c3F)cc1OC. The van der Waals surface area contributed by atoms with Crippen LogP contribution in [0.1, 0.15) is 86.3 Å². The number of methoxy groups -OCH3 is 2. The van der Waals surface area contributed by atoms with Crippen molar-refractivity contribution in [2.75, 3.05) is 68.2 Å². The van der Waals surface area contributed by atoms with Gasteiger partial charge in [0.05, 0.1) is 26.2 Å². The molecule has 0 aromatic heterocycles. The molecule has 3 N–H and O–H groups in total. The van der Waals surface area contributed by atoms with Gasteiger partial charge in [0.25, 0.3) is 11.8 Å². The molecule has 5 aromatic carbocycles. The Morgan fingerprint density at radius 3 is 1.96 bits per heavy atom. The van der Waals surface area contributed by atoms with E-state index in [1.54, 1.807) is 85.9 Å². The summed E-state index contributed by atoms with van der Waals surface area (Å²) < 4.78 is 45.8. The third kappa shape index (κ3) is 19.2. The van der Waals surface area contributed by atoms with Gasteiger partial charge in [-0.3, -0.25) is 33.6 Å². The van der Waals surface area contributed by atoms with E-state index in [0.29, 0.717) is 53.9 Å². The van der Waals surface area contributed by atoms with Crippen LogP contribution >= 0.6 is 0 Å². The maximum Gasteiger partial charge on any atom is 0.330 e. The van der Waals surface area contributed by atoms with Crippen LogP contribution < -0.4 is 24.8 Å². The first-order valence-corrected chi connectivity index (χ1v) is 30.3. The lowest BCUT2D eigenvalue weighted by Crippen LogP contribution is -2.57. The molecule has 2 bridgehead atoms. The zero-order valence-corrected chi connectivity index (χ0v) is 52.5. The molecule has 21 nitrogen and oxygen atoms in total. The third-order valence-corrected chi connectivity index (χ3v) is 16.1. The number of cyclic esters (lactones) is 2. The molecule has 2 heterocycles. The summed E-state index contributed by atoms with van der Waals surface area (Å²) in [6.45, 7) is 1.27. The summed E-state index contributed by atoms with van der Waals surface area (Å²) in [7, 11) is 7.27. The molecule has 22 heteroatoms. The molecular weight excluding hydrogens is 1170 g/mol. The smallest absolute Gasteiger partial charge is 0.330 e. The lowest BCUT2D eigenvalue weighted by molar-refractivity contribution is -0.165. The van der Waals surface area contributed by atoms with E-state index in [1.165, 1.54) is 83.5 Å². The minimum atomic E-state index is -1.55. The summed E-state index contributed by atoms with van der Waals surface area (Å²) in [5.74, 6) is -7.57. The van der Waals surface area contributed by atoms with Crippen molar-refractivity contribution in [1.29, 1.82) is 0 Å². The first-order chi connectivity index (χ1) is 43.6. The Bertz CT molecular complexity index is 3400. The molecule has 7 rings (SSSR count). The number of esters is 2. The van der Waals surface area contributed by atoms with E-state index >= 15 is 4.39 Å². The summed E-state index contributed by atoms with van der Waals surface area (Å²) in [5.41, 5.74) is 0.923. The number of ether oxygens (including phenoxy) is 5. The normalized spacial score (nSPS) is 21.4. The number of carbonyl (C=O) groups is 9. The van der Waals surface area contributed by atoms with Crippen LogP contribution in [-0.2, 0) is 78.3 Å². The molecule has 2 aliphatic rings. The molecule has 1 saturated heterocycles. The number of ketones is 1. The van der Waals surface area contributed by atoms with Crippen molar-refractivity contribution in [3.8, 4) is 23.0 Å². The molecule has 0 unspecified atom stereocenters. The van der Waals surface area contributed by atoms with Gasteiger partial charge in [-0.1, -0.05) is 97.1 Å². The van der Waals surface area contributed by atoms with Gasteiger partial charge < -0.3 is 59.0 Å². The molecular formula is C69H81FN6O15. The van der Waals surface area contributed by atoms with Gasteiger partial charge in [-0.25, -0.2) is 14.0 Å². The summed E-state index contributed by atoms with van der Waals surface area (Å²) in [6, 6.07) is 28.1. The zero-order chi connectivity index (χ0) is 65.8. The number of piperidine rings is 1. The molecule has 5 atom stereocenters. The van der Waals surface area contributed by atoms with Crippen molar-refractivity contribution in [1.82, 2.24) is 30.2 Å². The number of nitrogens with one attached hydrogen (secondary N) is 2. The molecule has 2 aliphatic heterocycles. The van der Waals surface area contributed by atoms with E-state index in [9.17, 15) is 48.3 Å². The second-order valence-electron chi connectivity index (χ2n) is 23.4. The number of Topliss-reactive ketones (excluding diaryl/α,β-unsaturated/α-hetero) is 1. The fraction of sp³-hybridized carbons (Fsp3) is 0.406. The number of nitrogens with zero attached hydrogens (tertiary/aromatic N) is 4. The van der Waals surface area contributed by atoms with Gasteiger partial charge >= 0.3 is 11.9 Å². The number of aryl methyl sites for hydroxylation is 1. The number of likely N-dealkylation sites (N-methyl/N-ethyl adjacent to an activating group) is 3. The minimum Gasteiger partial charge on any atom is -0.508 e. The van der Waals surface area contributed by atoms with Crippen LogP contribution in [0, 0.1) is 11.2 Å². The van der Waals surface area contributed by atoms with E-state index in [4.69, 9.17) is 23.7 Å². The number of rotatable bonds is 11. The Kier molecular flexibility index (Phi) is 24.8. The predicted octanol–water partition coefficient (Wildman–Crippen LogP) is 6.46. The molecule has 6 amide bonds. The van der Waals surface area contributed by atoms with Gasteiger partial charge in [0.2, 0.25) is 29.4 Å². The number of aromatic hydroxyl groups is 1. The Morgan fingerprint density at radius 2 is 1.30 bits per heavy atom. The Balaban J connectivity index is 1.22. The van der Waals surface area contributed by atoms with Crippen LogP contribution in [0.25, 0.3) is 0 Å². The van der Waals surface area contributed by atoms with Crippen LogP contribution in [0.2, 0.25) is 0 Å². The Hall–Kier alpha value is -9.60. The number of hydrogen-bond acceptors (Lipinski definition) is 15. The van der Waals surface area contributed by atoms with E-state index in [2.05, 4.69) is 10.6 Å². The second-order valence-corrected chi connectivity index (χ2v) is 23.4. The number of phenols is 1. The number of carbonyl (C=O) groups excluding carboxylic acids is 9. The molecule has 0 saturated carbocycles. The van der Waals surface area contributed by atoms with E-state index in [0.717, 1.165) is 20.3 Å². The van der Waals surface area contributed by atoms with Crippen molar-refractivity contribution in [2.45, 2.75) is 108 Å². The fourth-order valence-corrected chi connectivity index (χ4v) is 10.8. The average molecular weight is 1250 g/mol. The van der Waals surface area contributed by atoms with Crippen molar-refractivity contribution in [3.63, 3.8) is 0 Å². The van der Waals surface area contributed by atoms with Crippen molar-refractivity contribution < 1.29 is 76.3 Å². The van der Waals surface area contributed by atoms with Gasteiger partial charge in [-0.15, -0.1) is 0 Å². The number of phenolic OH excluding ortho intramolecular Hbond substituents is 1. The van der Waals surface area contributed by atoms with Crippen molar-refractivity contribution in [3.05, 3.63) is 167 Å². The maximum atomic E-state index is 17.2. The number of amides is 6. The highest BCUT2D eigenvalue weighted by atomic mass is 19.1. The molecule has 0 spiro atoms. The second kappa shape index (κ2) is 32.8. The topological polar surface area (TPSA) is 257 Å². The van der Waals surface area contributed by atoms with Gasteiger partial charge in [0, 0.05) is 65.1 Å². The van der Waals surface area contributed by atoms with Crippen molar-refractivity contribution in [2.24, 2.45) is 5.41 Å². The number of hydrogen-bond donors (Lipinski definition) is 3. The Labute approximate surface area is 529 Å². The molecule has 5 aromatic rings. The summed E-state index contributed by atoms with van der Waals surface area (Å²) in [5, 5.41) is 15.8. The molecule has 91 heavy (non-hydrogen) atoms. The molecule has 0 radical (unpaired) electrons. The van der Waals surface area contributed by atoms with Crippen LogP contribution in [0.3, 0.4) is 0 Å². The molecule has 0 aliphatic carbocycles. The number of benzene rings is 5. The van der Waals surface area contributed by atoms with Crippen LogP contribution in [-0.4, -0.2) is 170 Å². The highest BCUT2D eigenvalue weighted by Crippen LogP contribution is 2.35. The number of fused-ring (bicyclic) bond motifs is 3. The quantitative estimate of drug-likeness (QED) is 0.0948. The van der Waals surface area contributed by atoms with Gasteiger partial charge in [0.1, 0.15) is 42.6 Å². The number of halogens is 1. The highest BCUT2D eigenvalue weighted by Gasteiger charge is 2.43.